The quantitative estimate of drug-likeness (QED) is 0.825. The van der Waals surface area contributed by atoms with Gasteiger partial charge in [-0.2, -0.15) is 0 Å². The van der Waals surface area contributed by atoms with E-state index in [1.807, 2.05) is 25.5 Å². The van der Waals surface area contributed by atoms with E-state index in [1.54, 1.807) is 20.8 Å². The molecule has 130 valence electrons. The average molecular weight is 325 g/mol. The molecule has 0 bridgehead atoms. The Kier molecular flexibility index (Phi) is 5.82. The van der Waals surface area contributed by atoms with E-state index in [4.69, 9.17) is 15.2 Å². The molecule has 1 aromatic rings. The van der Waals surface area contributed by atoms with Gasteiger partial charge >= 0.3 is 12.1 Å². The Hall–Kier alpha value is -2.02. The molecule has 0 aromatic carbocycles. The molecule has 0 aliphatic carbocycles. The smallest absolute Gasteiger partial charge is 0.407 e. The van der Waals surface area contributed by atoms with Gasteiger partial charge in [-0.05, 0) is 34.6 Å². The molecule has 1 rings (SSSR count). The number of amides is 1. The first-order valence-electron chi connectivity index (χ1n) is 7.46. The van der Waals surface area contributed by atoms with Crippen LogP contribution < -0.4 is 11.1 Å². The van der Waals surface area contributed by atoms with Gasteiger partial charge in [0.15, 0.2) is 0 Å². The molecule has 7 nitrogen and oxygen atoms in total. The minimum atomic E-state index is -0.579. The Morgan fingerprint density at radius 2 is 1.83 bits per heavy atom. The third-order valence-corrected chi connectivity index (χ3v) is 3.65. The molecule has 1 amide bonds. The van der Waals surface area contributed by atoms with Crippen LogP contribution in [-0.4, -0.2) is 35.9 Å². The third-order valence-electron chi connectivity index (χ3n) is 3.65. The summed E-state index contributed by atoms with van der Waals surface area (Å²) in [6.45, 7) is 9.22. The summed E-state index contributed by atoms with van der Waals surface area (Å²) in [6.07, 6.45) is -0.544. The minimum absolute atomic E-state index is 0.156. The first kappa shape index (κ1) is 19.0. The summed E-state index contributed by atoms with van der Waals surface area (Å²) in [4.78, 5) is 23.8. The van der Waals surface area contributed by atoms with Crippen LogP contribution in [0.1, 0.15) is 54.1 Å². The second kappa shape index (κ2) is 7.04. The molecule has 0 radical (unpaired) electrons. The van der Waals surface area contributed by atoms with E-state index in [0.29, 0.717) is 11.1 Å². The van der Waals surface area contributed by atoms with Crippen molar-refractivity contribution in [3.8, 4) is 0 Å². The Bertz CT molecular complexity index is 599. The lowest BCUT2D eigenvalue weighted by molar-refractivity contribution is 0.0524. The van der Waals surface area contributed by atoms with Gasteiger partial charge in [0.25, 0.3) is 0 Å². The van der Waals surface area contributed by atoms with Crippen molar-refractivity contribution >= 4 is 12.1 Å². The van der Waals surface area contributed by atoms with E-state index in [0.717, 1.165) is 11.4 Å². The lowest BCUT2D eigenvalue weighted by Gasteiger charge is -2.21. The minimum Gasteiger partial charge on any atom is -0.465 e. The van der Waals surface area contributed by atoms with Gasteiger partial charge in [0, 0.05) is 36.6 Å². The van der Waals surface area contributed by atoms with Crippen LogP contribution in [0.3, 0.4) is 0 Å². The SMILES string of the molecule is COC(=O)c1c(C(N)CNC(=O)OC(C)(C)C)c(C)n(C)c1C. The molecule has 7 heteroatoms. The molecule has 3 N–H and O–H groups in total. The van der Waals surface area contributed by atoms with Gasteiger partial charge in [0.1, 0.15) is 5.60 Å². The van der Waals surface area contributed by atoms with Crippen molar-refractivity contribution in [1.82, 2.24) is 9.88 Å². The number of nitrogens with zero attached hydrogens (tertiary/aromatic N) is 1. The number of aromatic nitrogens is 1. The normalized spacial score (nSPS) is 12.7. The van der Waals surface area contributed by atoms with Crippen LogP contribution in [-0.2, 0) is 16.5 Å². The number of ether oxygens (including phenoxy) is 2. The van der Waals surface area contributed by atoms with Gasteiger partial charge in [-0.3, -0.25) is 0 Å². The predicted molar refractivity (Wildman–Crippen MR) is 87.4 cm³/mol. The standard InChI is InChI=1S/C16H27N3O4/c1-9-12(13(14(20)22-7)10(2)19(9)6)11(17)8-18-15(21)23-16(3,4)5/h11H,8,17H2,1-7H3,(H,18,21). The summed E-state index contributed by atoms with van der Waals surface area (Å²) >= 11 is 0. The van der Waals surface area contributed by atoms with Crippen LogP contribution in [0.15, 0.2) is 0 Å². The molecule has 1 atom stereocenters. The van der Waals surface area contributed by atoms with E-state index in [9.17, 15) is 9.59 Å². The molecule has 0 aliphatic rings. The van der Waals surface area contributed by atoms with Gasteiger partial charge in [0.05, 0.1) is 12.7 Å². The molecular weight excluding hydrogens is 298 g/mol. The Morgan fingerprint density at radius 1 is 1.26 bits per heavy atom. The number of methoxy groups -OCH3 is 1. The molecule has 1 aromatic heterocycles. The number of carbonyl (C=O) groups is 2. The topological polar surface area (TPSA) is 95.6 Å². The molecule has 0 aliphatic heterocycles. The number of carbonyl (C=O) groups excluding carboxylic acids is 2. The Balaban J connectivity index is 2.96. The number of hydrogen-bond acceptors (Lipinski definition) is 5. The van der Waals surface area contributed by atoms with Crippen LogP contribution in [0, 0.1) is 13.8 Å². The Labute approximate surface area is 137 Å². The molecule has 23 heavy (non-hydrogen) atoms. The molecule has 1 heterocycles. The van der Waals surface area contributed by atoms with Gasteiger partial charge in [0.2, 0.25) is 0 Å². The number of alkyl carbamates (subject to hydrolysis) is 1. The highest BCUT2D eigenvalue weighted by Gasteiger charge is 2.27. The van der Waals surface area contributed by atoms with Crippen molar-refractivity contribution in [2.75, 3.05) is 13.7 Å². The summed E-state index contributed by atoms with van der Waals surface area (Å²) in [5.74, 6) is -0.436. The van der Waals surface area contributed by atoms with Crippen molar-refractivity contribution in [3.05, 3.63) is 22.5 Å². The molecular formula is C16H27N3O4. The zero-order valence-corrected chi connectivity index (χ0v) is 14.9. The highest BCUT2D eigenvalue weighted by atomic mass is 16.6. The molecule has 0 fully saturated rings. The van der Waals surface area contributed by atoms with E-state index < -0.39 is 23.7 Å². The summed E-state index contributed by atoms with van der Waals surface area (Å²) in [7, 11) is 3.19. The number of nitrogens with two attached hydrogens (primary N) is 1. The fourth-order valence-corrected chi connectivity index (χ4v) is 2.40. The van der Waals surface area contributed by atoms with Crippen LogP contribution >= 0.6 is 0 Å². The largest absolute Gasteiger partial charge is 0.465 e. The van der Waals surface area contributed by atoms with Crippen molar-refractivity contribution < 1.29 is 19.1 Å². The lowest BCUT2D eigenvalue weighted by atomic mass is 10.0. The van der Waals surface area contributed by atoms with Crippen molar-refractivity contribution in [2.24, 2.45) is 12.8 Å². The first-order valence-corrected chi connectivity index (χ1v) is 7.46. The number of hydrogen-bond donors (Lipinski definition) is 2. The average Bonchev–Trinajstić information content (AvgIpc) is 2.66. The van der Waals surface area contributed by atoms with Gasteiger partial charge in [-0.15, -0.1) is 0 Å². The summed E-state index contributed by atoms with van der Waals surface area (Å²) in [5, 5.41) is 2.63. The Morgan fingerprint density at radius 3 is 2.30 bits per heavy atom. The monoisotopic (exact) mass is 325 g/mol. The third kappa shape index (κ3) is 4.48. The number of esters is 1. The maximum Gasteiger partial charge on any atom is 0.407 e. The predicted octanol–water partition coefficient (Wildman–Crippen LogP) is 1.95. The summed E-state index contributed by atoms with van der Waals surface area (Å²) < 4.78 is 11.9. The van der Waals surface area contributed by atoms with E-state index in [1.165, 1.54) is 7.11 Å². The van der Waals surface area contributed by atoms with E-state index >= 15 is 0 Å². The molecule has 0 saturated carbocycles. The second-order valence-electron chi connectivity index (χ2n) is 6.50. The van der Waals surface area contributed by atoms with Crippen LogP contribution in [0.2, 0.25) is 0 Å². The second-order valence-corrected chi connectivity index (χ2v) is 6.50. The maximum atomic E-state index is 12.0. The molecule has 1 unspecified atom stereocenters. The zero-order chi connectivity index (χ0) is 17.9. The van der Waals surface area contributed by atoms with Crippen molar-refractivity contribution in [1.29, 1.82) is 0 Å². The molecule has 0 spiro atoms. The van der Waals surface area contributed by atoms with Crippen molar-refractivity contribution in [2.45, 2.75) is 46.3 Å². The number of rotatable bonds is 4. The highest BCUT2D eigenvalue weighted by Crippen LogP contribution is 2.26. The zero-order valence-electron chi connectivity index (χ0n) is 14.9. The maximum absolute atomic E-state index is 12.0. The number of nitrogens with one attached hydrogen (secondary N) is 1. The van der Waals surface area contributed by atoms with Crippen LogP contribution in [0.4, 0.5) is 4.79 Å². The first-order chi connectivity index (χ1) is 10.5. The van der Waals surface area contributed by atoms with Gasteiger partial charge in [-0.1, -0.05) is 0 Å². The lowest BCUT2D eigenvalue weighted by Crippen LogP contribution is -2.37. The van der Waals surface area contributed by atoms with E-state index in [2.05, 4.69) is 5.32 Å². The van der Waals surface area contributed by atoms with Crippen molar-refractivity contribution in [3.63, 3.8) is 0 Å². The summed E-state index contributed by atoms with van der Waals surface area (Å²) in [5.41, 5.74) is 8.37. The fourth-order valence-electron chi connectivity index (χ4n) is 2.40. The molecule has 0 saturated heterocycles. The summed E-state index contributed by atoms with van der Waals surface area (Å²) in [6, 6.07) is -0.545. The van der Waals surface area contributed by atoms with Gasteiger partial charge in [-0.25, -0.2) is 9.59 Å². The van der Waals surface area contributed by atoms with E-state index in [-0.39, 0.29) is 6.54 Å². The van der Waals surface area contributed by atoms with Crippen LogP contribution in [0.25, 0.3) is 0 Å². The van der Waals surface area contributed by atoms with Gasteiger partial charge < -0.3 is 25.1 Å². The van der Waals surface area contributed by atoms with Crippen LogP contribution in [0.5, 0.6) is 0 Å². The fraction of sp³-hybridized carbons (Fsp3) is 0.625. The highest BCUT2D eigenvalue weighted by molar-refractivity contribution is 5.93.